The van der Waals surface area contributed by atoms with Crippen LogP contribution in [0.1, 0.15) is 15.9 Å². The number of anilines is 1. The summed E-state index contributed by atoms with van der Waals surface area (Å²) in [5.41, 5.74) is 1.54. The van der Waals surface area contributed by atoms with Crippen molar-refractivity contribution in [3.63, 3.8) is 0 Å². The molecule has 0 spiro atoms. The number of ether oxygens (including phenoxy) is 2. The molecule has 0 aliphatic rings. The first-order chi connectivity index (χ1) is 12.5. The van der Waals surface area contributed by atoms with Crippen molar-refractivity contribution >= 4 is 45.8 Å². The van der Waals surface area contributed by atoms with E-state index in [1.165, 1.54) is 26.4 Å². The highest BCUT2D eigenvalue weighted by Gasteiger charge is 2.14. The van der Waals surface area contributed by atoms with E-state index in [2.05, 4.69) is 32.9 Å². The average molecular weight is 469 g/mol. The van der Waals surface area contributed by atoms with E-state index in [1.807, 2.05) is 0 Å². The van der Waals surface area contributed by atoms with Gasteiger partial charge in [0.15, 0.2) is 0 Å². The van der Waals surface area contributed by atoms with Crippen molar-refractivity contribution in [2.24, 2.45) is 4.99 Å². The molecule has 0 aliphatic carbocycles. The lowest BCUT2D eigenvalue weighted by molar-refractivity contribution is -0.384. The van der Waals surface area contributed by atoms with Crippen LogP contribution in [0.5, 0.6) is 5.75 Å². The van der Waals surface area contributed by atoms with Gasteiger partial charge in [-0.15, -0.1) is 0 Å². The SMILES string of the molecule is COC(=O)c1ccc(OC)c(NC(=NCI)c2ccc([N+](=O)[O-])cc2)c1. The highest BCUT2D eigenvalue weighted by molar-refractivity contribution is 14.1. The minimum atomic E-state index is -0.474. The van der Waals surface area contributed by atoms with Gasteiger partial charge in [0.25, 0.3) is 5.69 Å². The van der Waals surface area contributed by atoms with E-state index in [9.17, 15) is 14.9 Å². The Morgan fingerprint density at radius 3 is 2.38 bits per heavy atom. The zero-order valence-electron chi connectivity index (χ0n) is 14.1. The van der Waals surface area contributed by atoms with Crippen LogP contribution in [-0.4, -0.2) is 35.5 Å². The van der Waals surface area contributed by atoms with Crippen molar-refractivity contribution in [2.75, 3.05) is 24.1 Å². The van der Waals surface area contributed by atoms with Crippen LogP contribution in [-0.2, 0) is 4.74 Å². The van der Waals surface area contributed by atoms with Crippen LogP contribution in [0.4, 0.5) is 11.4 Å². The second-order valence-electron chi connectivity index (χ2n) is 4.96. The number of hydrogen-bond donors (Lipinski definition) is 1. The zero-order valence-corrected chi connectivity index (χ0v) is 16.2. The number of rotatable bonds is 6. The molecule has 0 fully saturated rings. The first-order valence-electron chi connectivity index (χ1n) is 7.38. The van der Waals surface area contributed by atoms with E-state index in [0.717, 1.165) is 0 Å². The molecule has 0 saturated heterocycles. The van der Waals surface area contributed by atoms with Crippen LogP contribution in [0, 0.1) is 10.1 Å². The monoisotopic (exact) mass is 469 g/mol. The molecule has 8 nitrogen and oxygen atoms in total. The summed E-state index contributed by atoms with van der Waals surface area (Å²) in [4.78, 5) is 26.5. The predicted molar refractivity (Wildman–Crippen MR) is 106 cm³/mol. The van der Waals surface area contributed by atoms with Gasteiger partial charge in [-0.3, -0.25) is 15.1 Å². The molecule has 0 atom stereocenters. The number of non-ortho nitro benzene ring substituents is 1. The summed E-state index contributed by atoms with van der Waals surface area (Å²) in [5.74, 6) is 0.536. The summed E-state index contributed by atoms with van der Waals surface area (Å²) in [6, 6.07) is 10.9. The number of halogens is 1. The van der Waals surface area contributed by atoms with Crippen molar-refractivity contribution in [3.05, 3.63) is 63.7 Å². The van der Waals surface area contributed by atoms with Crippen LogP contribution in [0.2, 0.25) is 0 Å². The van der Waals surface area contributed by atoms with Crippen molar-refractivity contribution in [3.8, 4) is 5.75 Å². The van der Waals surface area contributed by atoms with Crippen LogP contribution >= 0.6 is 22.6 Å². The van der Waals surface area contributed by atoms with Gasteiger partial charge < -0.3 is 14.8 Å². The third kappa shape index (κ3) is 4.69. The molecule has 2 aromatic rings. The summed E-state index contributed by atoms with van der Waals surface area (Å²) >= 11 is 2.09. The molecule has 1 N–H and O–H groups in total. The number of methoxy groups -OCH3 is 2. The number of aliphatic imine (C=N–C) groups is 1. The summed E-state index contributed by atoms with van der Waals surface area (Å²) in [6.07, 6.45) is 0. The molecule has 26 heavy (non-hydrogen) atoms. The number of carbonyl (C=O) groups excluding carboxylic acids is 1. The number of benzene rings is 2. The van der Waals surface area contributed by atoms with E-state index in [0.29, 0.717) is 33.0 Å². The highest BCUT2D eigenvalue weighted by Crippen LogP contribution is 2.27. The van der Waals surface area contributed by atoms with Crippen molar-refractivity contribution in [1.82, 2.24) is 0 Å². The van der Waals surface area contributed by atoms with Crippen LogP contribution < -0.4 is 10.1 Å². The van der Waals surface area contributed by atoms with Gasteiger partial charge in [0.2, 0.25) is 0 Å². The number of amidine groups is 1. The number of hydrogen-bond acceptors (Lipinski definition) is 6. The molecule has 0 bridgehead atoms. The molecule has 0 saturated carbocycles. The molecular weight excluding hydrogens is 453 g/mol. The second-order valence-corrected chi connectivity index (χ2v) is 5.64. The first kappa shape index (κ1) is 19.6. The Labute approximate surface area is 163 Å². The Balaban J connectivity index is 2.39. The minimum absolute atomic E-state index is 0.00663. The van der Waals surface area contributed by atoms with Crippen LogP contribution in [0.15, 0.2) is 47.5 Å². The largest absolute Gasteiger partial charge is 0.495 e. The fraction of sp³-hybridized carbons (Fsp3) is 0.176. The van der Waals surface area contributed by atoms with Crippen molar-refractivity contribution in [2.45, 2.75) is 0 Å². The minimum Gasteiger partial charge on any atom is -0.495 e. The van der Waals surface area contributed by atoms with Gasteiger partial charge >= 0.3 is 5.97 Å². The molecule has 9 heteroatoms. The quantitative estimate of drug-likeness (QED) is 0.101. The molecular formula is C17H16IN3O5. The van der Waals surface area contributed by atoms with Crippen LogP contribution in [0.25, 0.3) is 0 Å². The Hall–Kier alpha value is -2.69. The molecule has 0 radical (unpaired) electrons. The van der Waals surface area contributed by atoms with Gasteiger partial charge in [0.1, 0.15) is 11.6 Å². The Kier molecular flexibility index (Phi) is 6.89. The first-order valence-corrected chi connectivity index (χ1v) is 8.91. The molecule has 2 rings (SSSR count). The number of nitro benzene ring substituents is 1. The molecule has 0 aromatic heterocycles. The number of nitrogens with zero attached hydrogens (tertiary/aromatic N) is 2. The predicted octanol–water partition coefficient (Wildman–Crippen LogP) is 3.64. The lowest BCUT2D eigenvalue weighted by Crippen LogP contribution is -2.15. The fourth-order valence-electron chi connectivity index (χ4n) is 2.18. The third-order valence-electron chi connectivity index (χ3n) is 3.44. The number of nitro groups is 1. The molecule has 0 heterocycles. The summed E-state index contributed by atoms with van der Waals surface area (Å²) in [5, 5.41) is 13.9. The van der Waals surface area contributed by atoms with Gasteiger partial charge in [-0.05, 0) is 30.3 Å². The summed E-state index contributed by atoms with van der Waals surface area (Å²) in [6.45, 7) is 0. The van der Waals surface area contributed by atoms with E-state index in [-0.39, 0.29) is 5.69 Å². The number of alkyl halides is 1. The van der Waals surface area contributed by atoms with Crippen molar-refractivity contribution in [1.29, 1.82) is 0 Å². The summed E-state index contributed by atoms with van der Waals surface area (Å²) in [7, 11) is 2.82. The van der Waals surface area contributed by atoms with E-state index < -0.39 is 10.9 Å². The van der Waals surface area contributed by atoms with E-state index in [1.54, 1.807) is 30.3 Å². The zero-order chi connectivity index (χ0) is 19.1. The molecule has 0 aliphatic heterocycles. The smallest absolute Gasteiger partial charge is 0.337 e. The van der Waals surface area contributed by atoms with Gasteiger partial charge in [-0.25, -0.2) is 4.79 Å². The van der Waals surface area contributed by atoms with Crippen LogP contribution in [0.3, 0.4) is 0 Å². The maximum absolute atomic E-state index is 11.8. The number of carbonyl (C=O) groups is 1. The highest BCUT2D eigenvalue weighted by atomic mass is 127. The number of esters is 1. The Morgan fingerprint density at radius 2 is 1.85 bits per heavy atom. The third-order valence-corrected chi connectivity index (χ3v) is 3.78. The molecule has 0 amide bonds. The lowest BCUT2D eigenvalue weighted by Gasteiger charge is -2.14. The van der Waals surface area contributed by atoms with Crippen molar-refractivity contribution < 1.29 is 19.2 Å². The Morgan fingerprint density at radius 1 is 1.19 bits per heavy atom. The average Bonchev–Trinajstić information content (AvgIpc) is 2.67. The fourth-order valence-corrected chi connectivity index (χ4v) is 2.52. The van der Waals surface area contributed by atoms with Gasteiger partial charge in [-0.2, -0.15) is 0 Å². The maximum Gasteiger partial charge on any atom is 0.337 e. The standard InChI is InChI=1S/C17H16IN3O5/c1-25-15-8-5-12(17(22)26-2)9-14(15)20-16(19-10-18)11-3-6-13(7-4-11)21(23)24/h3-9H,10H2,1-2H3,(H,19,20). The normalized spacial score (nSPS) is 11.0. The van der Waals surface area contributed by atoms with Gasteiger partial charge in [-0.1, -0.05) is 22.6 Å². The molecule has 136 valence electrons. The topological polar surface area (TPSA) is 103 Å². The molecule has 2 aromatic carbocycles. The maximum atomic E-state index is 11.8. The lowest BCUT2D eigenvalue weighted by atomic mass is 10.1. The number of nitrogens with one attached hydrogen (secondary N) is 1. The van der Waals surface area contributed by atoms with Gasteiger partial charge in [0, 0.05) is 17.7 Å². The van der Waals surface area contributed by atoms with E-state index in [4.69, 9.17) is 9.47 Å². The molecule has 0 unspecified atom stereocenters. The Bertz CT molecular complexity index is 837. The second kappa shape index (κ2) is 9.13. The van der Waals surface area contributed by atoms with E-state index >= 15 is 0 Å². The van der Waals surface area contributed by atoms with Gasteiger partial charge in [0.05, 0.1) is 34.9 Å². The summed E-state index contributed by atoms with van der Waals surface area (Å²) < 4.78 is 10.5.